The van der Waals surface area contributed by atoms with E-state index in [2.05, 4.69) is 0 Å². The zero-order valence-electron chi connectivity index (χ0n) is 16.6. The predicted octanol–water partition coefficient (Wildman–Crippen LogP) is 4.52. The molecule has 0 spiro atoms. The van der Waals surface area contributed by atoms with Crippen molar-refractivity contribution in [3.8, 4) is 23.0 Å². The third-order valence-electron chi connectivity index (χ3n) is 4.18. The molecule has 0 aromatic heterocycles. The van der Waals surface area contributed by atoms with Gasteiger partial charge in [-0.1, -0.05) is 24.0 Å². The molecule has 2 aromatic carbocycles. The van der Waals surface area contributed by atoms with Gasteiger partial charge in [-0.15, -0.1) is 0 Å². The lowest BCUT2D eigenvalue weighted by atomic mass is 10.1. The summed E-state index contributed by atoms with van der Waals surface area (Å²) in [5.74, 6) is 2.09. The van der Waals surface area contributed by atoms with Crippen LogP contribution in [0.3, 0.4) is 0 Å². The number of hydrogen-bond acceptors (Lipinski definition) is 7. The fraction of sp³-hybridized carbons (Fsp3) is 0.238. The minimum atomic E-state index is -0.182. The number of amides is 1. The number of anilines is 1. The fourth-order valence-corrected chi connectivity index (χ4v) is 4.18. The van der Waals surface area contributed by atoms with E-state index in [0.29, 0.717) is 38.8 Å². The lowest BCUT2D eigenvalue weighted by Gasteiger charge is -2.15. The number of benzene rings is 2. The van der Waals surface area contributed by atoms with Crippen molar-refractivity contribution in [2.45, 2.75) is 6.92 Å². The summed E-state index contributed by atoms with van der Waals surface area (Å²) in [7, 11) is 4.64. The van der Waals surface area contributed by atoms with Crippen LogP contribution in [0.5, 0.6) is 23.0 Å². The van der Waals surface area contributed by atoms with Crippen molar-refractivity contribution in [1.29, 1.82) is 0 Å². The normalized spacial score (nSPS) is 15.0. The van der Waals surface area contributed by atoms with Gasteiger partial charge >= 0.3 is 0 Å². The lowest BCUT2D eigenvalue weighted by molar-refractivity contribution is -0.113. The Labute approximate surface area is 179 Å². The molecule has 29 heavy (non-hydrogen) atoms. The van der Waals surface area contributed by atoms with E-state index in [9.17, 15) is 4.79 Å². The number of nitrogens with zero attached hydrogens (tertiary/aromatic N) is 1. The molecule has 1 aliphatic rings. The first kappa shape index (κ1) is 21.0. The molecule has 0 unspecified atom stereocenters. The Bertz CT molecular complexity index is 931. The maximum atomic E-state index is 13.0. The van der Waals surface area contributed by atoms with Crippen LogP contribution in [0.2, 0.25) is 0 Å². The third kappa shape index (κ3) is 4.33. The maximum Gasteiger partial charge on any atom is 0.270 e. The van der Waals surface area contributed by atoms with Crippen LogP contribution in [-0.4, -0.2) is 38.2 Å². The minimum Gasteiger partial charge on any atom is -0.494 e. The lowest BCUT2D eigenvalue weighted by Crippen LogP contribution is -2.27. The van der Waals surface area contributed by atoms with Gasteiger partial charge in [-0.25, -0.2) is 0 Å². The quantitative estimate of drug-likeness (QED) is 0.472. The van der Waals surface area contributed by atoms with Gasteiger partial charge in [0, 0.05) is 0 Å². The predicted molar refractivity (Wildman–Crippen MR) is 119 cm³/mol. The van der Waals surface area contributed by atoms with Crippen LogP contribution in [0.1, 0.15) is 12.5 Å². The molecule has 0 radical (unpaired) electrons. The summed E-state index contributed by atoms with van der Waals surface area (Å²) in [5.41, 5.74) is 1.44. The molecule has 1 heterocycles. The molecular weight excluding hydrogens is 410 g/mol. The standard InChI is InChI=1S/C21H21NO5S2/c1-5-27-15-8-6-14(7-9-15)22-20(23)18(29-21(22)28)12-13-10-16(24-2)19(26-4)17(11-13)25-3/h6-12H,5H2,1-4H3/b18-12+. The summed E-state index contributed by atoms with van der Waals surface area (Å²) in [6.07, 6.45) is 1.76. The smallest absolute Gasteiger partial charge is 0.270 e. The molecule has 0 atom stereocenters. The molecular formula is C21H21NO5S2. The van der Waals surface area contributed by atoms with Crippen molar-refractivity contribution in [3.63, 3.8) is 0 Å². The monoisotopic (exact) mass is 431 g/mol. The zero-order chi connectivity index (χ0) is 21.0. The molecule has 152 valence electrons. The highest BCUT2D eigenvalue weighted by Gasteiger charge is 2.33. The maximum absolute atomic E-state index is 13.0. The fourth-order valence-electron chi connectivity index (χ4n) is 2.88. The molecule has 1 fully saturated rings. The number of ether oxygens (including phenoxy) is 4. The van der Waals surface area contributed by atoms with E-state index in [0.717, 1.165) is 11.3 Å². The van der Waals surface area contributed by atoms with Gasteiger partial charge in [-0.05, 0) is 55.0 Å². The van der Waals surface area contributed by atoms with Crippen LogP contribution in [0.4, 0.5) is 5.69 Å². The highest BCUT2D eigenvalue weighted by atomic mass is 32.2. The topological polar surface area (TPSA) is 57.2 Å². The molecule has 0 saturated carbocycles. The van der Waals surface area contributed by atoms with E-state index in [-0.39, 0.29) is 5.91 Å². The van der Waals surface area contributed by atoms with Crippen LogP contribution >= 0.6 is 24.0 Å². The van der Waals surface area contributed by atoms with Gasteiger partial charge in [0.1, 0.15) is 5.75 Å². The van der Waals surface area contributed by atoms with E-state index < -0.39 is 0 Å². The minimum absolute atomic E-state index is 0.182. The second-order valence-electron chi connectivity index (χ2n) is 5.90. The summed E-state index contributed by atoms with van der Waals surface area (Å²) in [4.78, 5) is 15.0. The van der Waals surface area contributed by atoms with Crippen LogP contribution in [0.15, 0.2) is 41.3 Å². The van der Waals surface area contributed by atoms with E-state index in [4.69, 9.17) is 31.2 Å². The second-order valence-corrected chi connectivity index (χ2v) is 7.58. The second kappa shape index (κ2) is 9.19. The number of carbonyl (C=O) groups is 1. The van der Waals surface area contributed by atoms with Gasteiger partial charge in [-0.2, -0.15) is 0 Å². The Morgan fingerprint density at radius 1 is 1.03 bits per heavy atom. The average Bonchev–Trinajstić information content (AvgIpc) is 3.01. The van der Waals surface area contributed by atoms with Gasteiger partial charge in [-0.3, -0.25) is 9.69 Å². The highest BCUT2D eigenvalue weighted by molar-refractivity contribution is 8.27. The van der Waals surface area contributed by atoms with Crippen molar-refractivity contribution in [3.05, 3.63) is 46.9 Å². The first-order valence-corrected chi connectivity index (χ1v) is 10.1. The molecule has 2 aromatic rings. The number of carbonyl (C=O) groups excluding carboxylic acids is 1. The van der Waals surface area contributed by atoms with Gasteiger partial charge in [0.05, 0.1) is 38.5 Å². The zero-order valence-corrected chi connectivity index (χ0v) is 18.2. The number of hydrogen-bond donors (Lipinski definition) is 0. The van der Waals surface area contributed by atoms with Gasteiger partial charge in [0.2, 0.25) is 5.75 Å². The Morgan fingerprint density at radius 3 is 2.17 bits per heavy atom. The SMILES string of the molecule is CCOc1ccc(N2C(=O)/C(=C\c3cc(OC)c(OC)c(OC)c3)SC2=S)cc1. The highest BCUT2D eigenvalue weighted by Crippen LogP contribution is 2.41. The Balaban J connectivity index is 1.92. The summed E-state index contributed by atoms with van der Waals surface area (Å²) in [6.45, 7) is 2.50. The third-order valence-corrected chi connectivity index (χ3v) is 5.49. The largest absolute Gasteiger partial charge is 0.494 e. The first-order chi connectivity index (χ1) is 14.0. The van der Waals surface area contributed by atoms with Crippen LogP contribution < -0.4 is 23.8 Å². The van der Waals surface area contributed by atoms with E-state index in [1.54, 1.807) is 39.5 Å². The number of methoxy groups -OCH3 is 3. The average molecular weight is 432 g/mol. The molecule has 3 rings (SSSR count). The van der Waals surface area contributed by atoms with E-state index in [1.165, 1.54) is 16.7 Å². The Hall–Kier alpha value is -2.71. The molecule has 1 saturated heterocycles. The van der Waals surface area contributed by atoms with Crippen molar-refractivity contribution < 1.29 is 23.7 Å². The van der Waals surface area contributed by atoms with Crippen LogP contribution in [-0.2, 0) is 4.79 Å². The van der Waals surface area contributed by atoms with Crippen molar-refractivity contribution in [2.75, 3.05) is 32.8 Å². The summed E-state index contributed by atoms with van der Waals surface area (Å²) in [5, 5.41) is 0. The molecule has 1 amide bonds. The Morgan fingerprint density at radius 2 is 1.66 bits per heavy atom. The van der Waals surface area contributed by atoms with Gasteiger partial charge in [0.15, 0.2) is 15.8 Å². The van der Waals surface area contributed by atoms with Crippen molar-refractivity contribution in [1.82, 2.24) is 0 Å². The molecule has 1 aliphatic heterocycles. The molecule has 0 aliphatic carbocycles. The summed E-state index contributed by atoms with van der Waals surface area (Å²) in [6, 6.07) is 10.8. The van der Waals surface area contributed by atoms with Crippen molar-refractivity contribution >= 4 is 46.0 Å². The number of rotatable bonds is 7. The summed E-state index contributed by atoms with van der Waals surface area (Å²) >= 11 is 6.69. The van der Waals surface area contributed by atoms with Crippen LogP contribution in [0.25, 0.3) is 6.08 Å². The van der Waals surface area contributed by atoms with Crippen molar-refractivity contribution in [2.24, 2.45) is 0 Å². The van der Waals surface area contributed by atoms with Gasteiger partial charge < -0.3 is 18.9 Å². The first-order valence-electron chi connectivity index (χ1n) is 8.83. The number of thioether (sulfide) groups is 1. The molecule has 6 nitrogen and oxygen atoms in total. The molecule has 0 N–H and O–H groups in total. The van der Waals surface area contributed by atoms with Crippen LogP contribution in [0, 0.1) is 0 Å². The summed E-state index contributed by atoms with van der Waals surface area (Å²) < 4.78 is 22.0. The molecule has 8 heteroatoms. The van der Waals surface area contributed by atoms with E-state index >= 15 is 0 Å². The Kier molecular flexibility index (Phi) is 6.66. The molecule has 0 bridgehead atoms. The number of thiocarbonyl (C=S) groups is 1. The van der Waals surface area contributed by atoms with E-state index in [1.807, 2.05) is 31.2 Å². The van der Waals surface area contributed by atoms with Gasteiger partial charge in [0.25, 0.3) is 5.91 Å².